The predicted molar refractivity (Wildman–Crippen MR) is 298 cm³/mol. The van der Waals surface area contributed by atoms with Gasteiger partial charge in [-0.1, -0.05) is 35.4 Å². The second-order valence-electron chi connectivity index (χ2n) is 19.0. The zero-order valence-electron chi connectivity index (χ0n) is 45.5. The molecular formula is C58H65ClF6N8O8. The first-order chi connectivity index (χ1) is 38.3. The third kappa shape index (κ3) is 18.3. The SMILES string of the molecule is CCNC(=O)[C@]1(CC(=O)c2cncc(N)c2)CCOC1.CCNC(=O)[C@]1(CC(=O)c2cncc(N)c2)CCOC1.COc1ccc(Nc2ccc(C)c(Cl)c2)c(C(F)(F)F)c1.COc1ccc(Nc2ccc(C)cc2)c(C(F)(F)F)c1. The predicted octanol–water partition coefficient (Wildman–Crippen LogP) is 11.7. The first kappa shape index (κ1) is 63.9. The van der Waals surface area contributed by atoms with Crippen molar-refractivity contribution in [3.05, 3.63) is 154 Å². The number of carbonyl (C=O) groups excluding carboxylic acids is 4. The highest BCUT2D eigenvalue weighted by atomic mass is 35.5. The number of benzene rings is 4. The average molecular weight is 1150 g/mol. The summed E-state index contributed by atoms with van der Waals surface area (Å²) in [4.78, 5) is 56.9. The van der Waals surface area contributed by atoms with Crippen LogP contribution in [-0.2, 0) is 31.4 Å². The molecule has 0 unspecified atom stereocenters. The van der Waals surface area contributed by atoms with E-state index in [9.17, 15) is 45.5 Å². The molecule has 0 spiro atoms. The Bertz CT molecular complexity index is 3000. The topological polar surface area (TPSA) is 231 Å². The van der Waals surface area contributed by atoms with Crippen LogP contribution in [-0.4, -0.2) is 87.1 Å². The number of nitrogens with zero attached hydrogens (tertiary/aromatic N) is 2. The van der Waals surface area contributed by atoms with Crippen LogP contribution >= 0.6 is 11.6 Å². The highest BCUT2D eigenvalue weighted by molar-refractivity contribution is 6.31. The van der Waals surface area contributed by atoms with Gasteiger partial charge < -0.3 is 51.7 Å². The van der Waals surface area contributed by atoms with Gasteiger partial charge in [0.1, 0.15) is 11.5 Å². The fourth-order valence-corrected chi connectivity index (χ4v) is 8.53. The molecule has 4 aromatic carbocycles. The number of ether oxygens (including phenoxy) is 4. The summed E-state index contributed by atoms with van der Waals surface area (Å²) in [5.41, 5.74) is 12.8. The van der Waals surface area contributed by atoms with Crippen molar-refractivity contribution >= 4 is 69.1 Å². The van der Waals surface area contributed by atoms with Gasteiger partial charge in [-0.2, -0.15) is 26.3 Å². The number of nitrogens with two attached hydrogens (primary N) is 2. The Balaban J connectivity index is 0.000000198. The zero-order chi connectivity index (χ0) is 59.5. The maximum Gasteiger partial charge on any atom is 0.418 e. The number of aromatic nitrogens is 2. The Hall–Kier alpha value is -7.95. The van der Waals surface area contributed by atoms with Gasteiger partial charge in [-0.15, -0.1) is 0 Å². The lowest BCUT2D eigenvalue weighted by Gasteiger charge is -2.25. The number of anilines is 6. The zero-order valence-corrected chi connectivity index (χ0v) is 46.3. The number of halogens is 7. The molecule has 16 nitrogen and oxygen atoms in total. The minimum atomic E-state index is -4.48. The second-order valence-corrected chi connectivity index (χ2v) is 19.4. The van der Waals surface area contributed by atoms with Gasteiger partial charge in [0.2, 0.25) is 11.8 Å². The van der Waals surface area contributed by atoms with Crippen molar-refractivity contribution in [3.63, 3.8) is 0 Å². The number of ketones is 2. The molecule has 8 N–H and O–H groups in total. The molecule has 81 heavy (non-hydrogen) atoms. The summed E-state index contributed by atoms with van der Waals surface area (Å²) >= 11 is 5.98. The number of nitrogens with one attached hydrogen (secondary N) is 4. The van der Waals surface area contributed by atoms with Gasteiger partial charge in [0.15, 0.2) is 11.6 Å². The van der Waals surface area contributed by atoms with Gasteiger partial charge in [0.05, 0.1) is 72.1 Å². The number of rotatable bonds is 16. The van der Waals surface area contributed by atoms with Crippen LogP contribution in [0.5, 0.6) is 11.5 Å². The van der Waals surface area contributed by atoms with Crippen LogP contribution in [0.1, 0.15) is 82.5 Å². The van der Waals surface area contributed by atoms with Gasteiger partial charge in [-0.3, -0.25) is 29.1 Å². The van der Waals surface area contributed by atoms with E-state index in [-0.39, 0.29) is 72.3 Å². The third-order valence-electron chi connectivity index (χ3n) is 12.9. The summed E-state index contributed by atoms with van der Waals surface area (Å²) in [6, 6.07) is 22.9. The standard InChI is InChI=1S/C15H13ClF3NO.C15H14F3NO.2C14H19N3O3/c1-9-3-4-10(7-13(9)16)20-14-6-5-11(21-2)8-12(14)15(17,18)19;1-10-3-5-11(6-4-10)19-14-8-7-12(20-2)9-13(14)15(16,17)18;2*1-2-17-13(19)14(3-4-20-9-14)6-12(18)10-5-11(15)8-16-7-10/h3-8,20H,1-2H3;3-9,19H,1-2H3;2*5,7-8H,2-4,6,9,15H2,1H3,(H,17,19)/t;;2*14-/m..00/s1. The first-order valence-corrected chi connectivity index (χ1v) is 25.8. The molecule has 2 aromatic heterocycles. The summed E-state index contributed by atoms with van der Waals surface area (Å²) < 4.78 is 98.7. The van der Waals surface area contributed by atoms with E-state index in [1.54, 1.807) is 42.5 Å². The summed E-state index contributed by atoms with van der Waals surface area (Å²) in [7, 11) is 2.66. The van der Waals surface area contributed by atoms with Crippen LogP contribution in [0.3, 0.4) is 0 Å². The molecule has 4 heterocycles. The van der Waals surface area contributed by atoms with Crippen molar-refractivity contribution in [2.45, 2.75) is 65.7 Å². The number of nitrogen functional groups attached to an aromatic ring is 2. The number of pyridine rings is 2. The van der Waals surface area contributed by atoms with Crippen LogP contribution in [0.4, 0.5) is 60.5 Å². The molecule has 434 valence electrons. The monoisotopic (exact) mass is 1150 g/mol. The fourth-order valence-electron chi connectivity index (χ4n) is 8.35. The Kier molecular flexibility index (Phi) is 22.8. The molecule has 0 bridgehead atoms. The lowest BCUT2D eigenvalue weighted by Crippen LogP contribution is -2.43. The molecule has 2 aliphatic heterocycles. The van der Waals surface area contributed by atoms with Crippen molar-refractivity contribution in [2.75, 3.05) is 75.8 Å². The highest BCUT2D eigenvalue weighted by Crippen LogP contribution is 2.41. The normalized spacial score (nSPS) is 16.4. The molecule has 2 aliphatic rings. The van der Waals surface area contributed by atoms with Gasteiger partial charge in [0.25, 0.3) is 0 Å². The molecule has 0 saturated carbocycles. The minimum absolute atomic E-state index is 0.00199. The summed E-state index contributed by atoms with van der Waals surface area (Å²) in [5.74, 6) is -0.199. The summed E-state index contributed by atoms with van der Waals surface area (Å²) in [6.45, 7) is 10.1. The number of aryl methyl sites for hydroxylation is 2. The number of alkyl halides is 6. The van der Waals surface area contributed by atoms with Crippen LogP contribution in [0.2, 0.25) is 5.02 Å². The highest BCUT2D eigenvalue weighted by Gasteiger charge is 2.45. The number of hydrogen-bond donors (Lipinski definition) is 6. The van der Waals surface area contributed by atoms with E-state index in [4.69, 9.17) is 42.0 Å². The van der Waals surface area contributed by atoms with E-state index < -0.39 is 34.3 Å². The molecule has 8 rings (SSSR count). The van der Waals surface area contributed by atoms with Crippen LogP contribution in [0.25, 0.3) is 0 Å². The van der Waals surface area contributed by atoms with Gasteiger partial charge in [-0.05, 0) is 119 Å². The Morgan fingerprint density at radius 3 is 1.38 bits per heavy atom. The molecule has 2 atom stereocenters. The number of Topliss-reactive ketones (excluding diaryl/α,β-unsaturated/α-hetero) is 2. The van der Waals surface area contributed by atoms with E-state index >= 15 is 0 Å². The number of carbonyl (C=O) groups is 4. The fraction of sp³-hybridized carbons (Fsp3) is 0.345. The van der Waals surface area contributed by atoms with E-state index in [0.29, 0.717) is 78.0 Å². The summed E-state index contributed by atoms with van der Waals surface area (Å²) in [6.07, 6.45) is -1.68. The van der Waals surface area contributed by atoms with Crippen LogP contribution in [0.15, 0.2) is 116 Å². The Labute approximate surface area is 470 Å². The molecular weight excluding hydrogens is 1090 g/mol. The molecule has 2 saturated heterocycles. The van der Waals surface area contributed by atoms with Crippen molar-refractivity contribution in [1.82, 2.24) is 20.6 Å². The van der Waals surface area contributed by atoms with Gasteiger partial charge >= 0.3 is 12.4 Å². The third-order valence-corrected chi connectivity index (χ3v) is 13.3. The second kappa shape index (κ2) is 29.0. The molecule has 2 amide bonds. The van der Waals surface area contributed by atoms with Crippen molar-refractivity contribution in [1.29, 1.82) is 0 Å². The lowest BCUT2D eigenvalue weighted by atomic mass is 9.80. The molecule has 6 aromatic rings. The number of methoxy groups -OCH3 is 2. The maximum atomic E-state index is 13.1. The van der Waals surface area contributed by atoms with Crippen LogP contribution in [0, 0.1) is 24.7 Å². The van der Waals surface area contributed by atoms with E-state index in [1.807, 2.05) is 39.8 Å². The largest absolute Gasteiger partial charge is 0.497 e. The Morgan fingerprint density at radius 1 is 0.605 bits per heavy atom. The van der Waals surface area contributed by atoms with Gasteiger partial charge in [0, 0.05) is 91.5 Å². The number of hydrogen-bond acceptors (Lipinski definition) is 14. The molecule has 0 radical (unpaired) electrons. The average Bonchev–Trinajstić information content (AvgIpc) is 4.13. The smallest absolute Gasteiger partial charge is 0.418 e. The minimum Gasteiger partial charge on any atom is -0.497 e. The molecule has 23 heteroatoms. The first-order valence-electron chi connectivity index (χ1n) is 25.4. The molecule has 0 aliphatic carbocycles. The number of amides is 2. The van der Waals surface area contributed by atoms with E-state index in [0.717, 1.165) is 23.3 Å². The summed E-state index contributed by atoms with van der Waals surface area (Å²) in [5, 5.41) is 11.6. The maximum absolute atomic E-state index is 13.1. The molecule has 2 fully saturated rings. The van der Waals surface area contributed by atoms with Crippen molar-refractivity contribution < 1.29 is 64.5 Å². The van der Waals surface area contributed by atoms with E-state index in [2.05, 4.69) is 31.2 Å². The van der Waals surface area contributed by atoms with Gasteiger partial charge in [-0.25, -0.2) is 0 Å². The van der Waals surface area contributed by atoms with Crippen molar-refractivity contribution in [2.24, 2.45) is 10.8 Å². The Morgan fingerprint density at radius 2 is 1.02 bits per heavy atom. The van der Waals surface area contributed by atoms with Crippen LogP contribution < -0.4 is 42.2 Å². The quantitative estimate of drug-likeness (QED) is 0.0391. The van der Waals surface area contributed by atoms with E-state index in [1.165, 1.54) is 63.3 Å². The van der Waals surface area contributed by atoms with Crippen molar-refractivity contribution in [3.8, 4) is 11.5 Å². The lowest BCUT2D eigenvalue weighted by molar-refractivity contribution is -0.137.